The van der Waals surface area contributed by atoms with E-state index >= 15 is 0 Å². The number of primary amides is 1. The van der Waals surface area contributed by atoms with E-state index in [1.165, 1.54) is 19.0 Å². The molecule has 0 bridgehead atoms. The van der Waals surface area contributed by atoms with Gasteiger partial charge < -0.3 is 31.3 Å². The topological polar surface area (TPSA) is 182 Å². The van der Waals surface area contributed by atoms with Crippen molar-refractivity contribution in [1.29, 1.82) is 0 Å². The predicted molar refractivity (Wildman–Crippen MR) is 131 cm³/mol. The van der Waals surface area contributed by atoms with E-state index in [4.69, 9.17) is 5.73 Å². The van der Waals surface area contributed by atoms with Gasteiger partial charge in [-0.25, -0.2) is 0 Å². The lowest BCUT2D eigenvalue weighted by Crippen LogP contribution is -2.70. The normalized spacial score (nSPS) is 35.1. The molecule has 2 unspecified atom stereocenters. The highest BCUT2D eigenvalue weighted by Crippen LogP contribution is 2.56. The quantitative estimate of drug-likeness (QED) is 0.254. The second-order valence-electron chi connectivity index (χ2n) is 10.6. The number of carbonyl (C=O) groups excluding carboxylic acids is 3. The number of benzene rings is 1. The highest BCUT2D eigenvalue weighted by molar-refractivity contribution is 6.24. The number of aliphatic hydroxyl groups is 4. The van der Waals surface area contributed by atoms with Crippen molar-refractivity contribution < 1.29 is 39.9 Å². The number of nitrogens with zero attached hydrogens (tertiary/aromatic N) is 1. The van der Waals surface area contributed by atoms with Crippen LogP contribution < -0.4 is 5.73 Å². The standard InChI is InChI=1S/C27H30N2O8/c1-10-12-8-9-13(11-6-4-5-7-11)20(30)15(12)21(31)16-14(10)22(32)18-19(29(2)3)23(33)17(26(28)36)25(35)27(18,37)24(16)34/h4,6,8-11,14,18-19,22,30-32,35,37H,5,7H2,1-3H3,(H2,28,36)/t10-,11?,14+,18+,19?,22-,27-/m0/s1. The SMILES string of the molecule is C[C@H]1c2ccc(C3C=CCC3)c(O)c2C(O)=C2C(=O)[C@]3(O)C(O)=C(C(N)=O)C(=O)C(N(C)C)[C@@H]3[C@@H](O)[C@@H]21. The molecule has 1 amide bonds. The van der Waals surface area contributed by atoms with E-state index < -0.39 is 70.1 Å². The molecular weight excluding hydrogens is 480 g/mol. The Balaban J connectivity index is 1.77. The minimum atomic E-state index is -2.91. The summed E-state index contributed by atoms with van der Waals surface area (Å²) in [5.74, 6) is -8.83. The highest BCUT2D eigenvalue weighted by Gasteiger charge is 2.68. The Morgan fingerprint density at radius 2 is 1.78 bits per heavy atom. The lowest BCUT2D eigenvalue weighted by molar-refractivity contribution is -0.169. The number of aromatic hydroxyl groups is 1. The third-order valence-electron chi connectivity index (χ3n) is 8.57. The van der Waals surface area contributed by atoms with Gasteiger partial charge in [-0.1, -0.05) is 31.2 Å². The van der Waals surface area contributed by atoms with Crippen LogP contribution >= 0.6 is 0 Å². The van der Waals surface area contributed by atoms with Crippen LogP contribution in [0.15, 0.2) is 41.2 Å². The van der Waals surface area contributed by atoms with Crippen LogP contribution in [0.5, 0.6) is 5.75 Å². The summed E-state index contributed by atoms with van der Waals surface area (Å²) in [6.07, 6.45) is 3.96. The van der Waals surface area contributed by atoms with Crippen molar-refractivity contribution >= 4 is 23.2 Å². The summed E-state index contributed by atoms with van der Waals surface area (Å²) < 4.78 is 0. The molecule has 10 nitrogen and oxygen atoms in total. The number of ketones is 2. The Morgan fingerprint density at radius 1 is 1.14 bits per heavy atom. The molecule has 4 aliphatic carbocycles. The number of Topliss-reactive ketones (excluding diaryl/α,β-unsaturated/α-hetero) is 2. The van der Waals surface area contributed by atoms with E-state index in [0.29, 0.717) is 11.1 Å². The summed E-state index contributed by atoms with van der Waals surface area (Å²) in [5, 5.41) is 56.9. The number of hydrogen-bond acceptors (Lipinski definition) is 9. The molecule has 7 N–H and O–H groups in total. The van der Waals surface area contributed by atoms with Gasteiger partial charge in [-0.3, -0.25) is 19.3 Å². The monoisotopic (exact) mass is 510 g/mol. The third kappa shape index (κ3) is 3.12. The molecule has 0 heterocycles. The molecule has 7 atom stereocenters. The van der Waals surface area contributed by atoms with Crippen molar-refractivity contribution in [1.82, 2.24) is 4.90 Å². The molecule has 196 valence electrons. The Bertz CT molecular complexity index is 1340. The number of phenolic OH excluding ortho intramolecular Hbond substituents is 1. The molecule has 0 radical (unpaired) electrons. The zero-order valence-corrected chi connectivity index (χ0v) is 20.7. The summed E-state index contributed by atoms with van der Waals surface area (Å²) in [7, 11) is 2.95. The molecule has 5 rings (SSSR count). The smallest absolute Gasteiger partial charge is 0.255 e. The molecule has 1 aromatic rings. The van der Waals surface area contributed by atoms with Crippen molar-refractivity contribution in [2.45, 2.75) is 49.3 Å². The number of hydrogen-bond donors (Lipinski definition) is 6. The highest BCUT2D eigenvalue weighted by atomic mass is 16.4. The van der Waals surface area contributed by atoms with E-state index in [1.807, 2.05) is 12.2 Å². The van der Waals surface area contributed by atoms with Crippen LogP contribution in [-0.4, -0.2) is 79.7 Å². The molecule has 0 spiro atoms. The van der Waals surface area contributed by atoms with Crippen LogP contribution in [0.2, 0.25) is 0 Å². The molecule has 4 aliphatic rings. The van der Waals surface area contributed by atoms with E-state index in [0.717, 1.165) is 12.8 Å². The number of fused-ring (bicyclic) bond motifs is 3. The molecule has 0 aromatic heterocycles. The van der Waals surface area contributed by atoms with Gasteiger partial charge in [0.1, 0.15) is 22.8 Å². The van der Waals surface area contributed by atoms with Gasteiger partial charge in [0.15, 0.2) is 11.4 Å². The summed E-state index contributed by atoms with van der Waals surface area (Å²) in [5.41, 5.74) is 2.19. The number of carbonyl (C=O) groups is 3. The number of amides is 1. The Kier molecular flexibility index (Phi) is 5.63. The second kappa shape index (κ2) is 8.27. The maximum Gasteiger partial charge on any atom is 0.255 e. The van der Waals surface area contributed by atoms with Gasteiger partial charge in [0.25, 0.3) is 5.91 Å². The van der Waals surface area contributed by atoms with Gasteiger partial charge in [0.05, 0.1) is 23.6 Å². The van der Waals surface area contributed by atoms with Gasteiger partial charge in [0, 0.05) is 23.0 Å². The van der Waals surface area contributed by atoms with E-state index in [-0.39, 0.29) is 22.8 Å². The first-order valence-corrected chi connectivity index (χ1v) is 12.2. The van der Waals surface area contributed by atoms with Crippen LogP contribution in [0.1, 0.15) is 48.3 Å². The fourth-order valence-electron chi connectivity index (χ4n) is 6.82. The fourth-order valence-corrected chi connectivity index (χ4v) is 6.82. The van der Waals surface area contributed by atoms with Gasteiger partial charge in [-0.05, 0) is 38.4 Å². The first-order chi connectivity index (χ1) is 17.3. The van der Waals surface area contributed by atoms with Crippen molar-refractivity contribution in [2.24, 2.45) is 17.6 Å². The minimum absolute atomic E-state index is 0.0220. The van der Waals surface area contributed by atoms with Crippen molar-refractivity contribution in [2.75, 3.05) is 14.1 Å². The van der Waals surface area contributed by atoms with E-state index in [9.17, 15) is 39.9 Å². The average molecular weight is 511 g/mol. The fraction of sp³-hybridized carbons (Fsp3) is 0.444. The lowest BCUT2D eigenvalue weighted by Gasteiger charge is -2.53. The molecule has 37 heavy (non-hydrogen) atoms. The molecule has 1 aromatic carbocycles. The summed E-state index contributed by atoms with van der Waals surface area (Å²) in [6.45, 7) is 1.71. The molecule has 0 saturated heterocycles. The second-order valence-corrected chi connectivity index (χ2v) is 10.6. The largest absolute Gasteiger partial charge is 0.508 e. The van der Waals surface area contributed by atoms with Crippen molar-refractivity contribution in [3.8, 4) is 5.75 Å². The van der Waals surface area contributed by atoms with Gasteiger partial charge in [0.2, 0.25) is 5.78 Å². The Morgan fingerprint density at radius 3 is 2.35 bits per heavy atom. The number of rotatable bonds is 3. The third-order valence-corrected chi connectivity index (χ3v) is 8.57. The van der Waals surface area contributed by atoms with Crippen molar-refractivity contribution in [3.63, 3.8) is 0 Å². The van der Waals surface area contributed by atoms with Crippen LogP contribution in [0.4, 0.5) is 0 Å². The first kappa shape index (κ1) is 25.2. The predicted octanol–water partition coefficient (Wildman–Crippen LogP) is 0.929. The Hall–Kier alpha value is -3.47. The summed E-state index contributed by atoms with van der Waals surface area (Å²) >= 11 is 0. The van der Waals surface area contributed by atoms with E-state index in [1.54, 1.807) is 19.1 Å². The van der Waals surface area contributed by atoms with E-state index in [2.05, 4.69) is 0 Å². The molecule has 10 heteroatoms. The van der Waals surface area contributed by atoms with Crippen LogP contribution in [-0.2, 0) is 14.4 Å². The molecule has 1 fully saturated rings. The van der Waals surface area contributed by atoms with Gasteiger partial charge in [-0.2, -0.15) is 0 Å². The van der Waals surface area contributed by atoms with Crippen LogP contribution in [0.3, 0.4) is 0 Å². The number of likely N-dealkylation sites (N-methyl/N-ethyl adjacent to an activating group) is 1. The van der Waals surface area contributed by atoms with Crippen LogP contribution in [0, 0.1) is 11.8 Å². The number of aliphatic hydroxyl groups excluding tert-OH is 3. The van der Waals surface area contributed by atoms with Crippen molar-refractivity contribution in [3.05, 3.63) is 57.9 Å². The lowest BCUT2D eigenvalue weighted by atomic mass is 9.54. The van der Waals surface area contributed by atoms with Gasteiger partial charge in [-0.15, -0.1) is 0 Å². The number of nitrogens with two attached hydrogens (primary N) is 1. The van der Waals surface area contributed by atoms with Gasteiger partial charge >= 0.3 is 0 Å². The summed E-state index contributed by atoms with van der Waals surface area (Å²) in [6, 6.07) is 2.13. The number of phenols is 1. The molecular formula is C27H30N2O8. The maximum atomic E-state index is 14.0. The minimum Gasteiger partial charge on any atom is -0.508 e. The zero-order chi connectivity index (χ0) is 27.1. The summed E-state index contributed by atoms with van der Waals surface area (Å²) in [4.78, 5) is 40.6. The Labute approximate surface area is 213 Å². The van der Waals surface area contributed by atoms with Crippen LogP contribution in [0.25, 0.3) is 5.76 Å². The maximum absolute atomic E-state index is 14.0. The first-order valence-electron chi connectivity index (χ1n) is 12.2. The molecule has 0 aliphatic heterocycles. The molecule has 1 saturated carbocycles. The zero-order valence-electron chi connectivity index (χ0n) is 20.7. The number of allylic oxidation sites excluding steroid dienone is 2. The average Bonchev–Trinajstić information content (AvgIpc) is 3.35.